The van der Waals surface area contributed by atoms with E-state index in [1.54, 1.807) is 50.2 Å². The van der Waals surface area contributed by atoms with Crippen molar-refractivity contribution < 1.29 is 145 Å². The van der Waals surface area contributed by atoms with Crippen LogP contribution in [0.3, 0.4) is 0 Å². The Labute approximate surface area is 846 Å². The first-order chi connectivity index (χ1) is 64.5. The second-order valence-corrected chi connectivity index (χ2v) is 38.9. The monoisotopic (exact) mass is 2050 g/mol. The van der Waals surface area contributed by atoms with Crippen LogP contribution in [0.2, 0.25) is 0 Å². The van der Waals surface area contributed by atoms with E-state index in [1.807, 2.05) is 153 Å². The molecule has 12 rings (SSSR count). The van der Waals surface area contributed by atoms with Gasteiger partial charge in [-0.05, 0) is 234 Å². The molecule has 0 bridgehead atoms. The number of carbonyl (C=O) groups is 11. The van der Waals surface area contributed by atoms with E-state index in [4.69, 9.17) is 93.6 Å². The van der Waals surface area contributed by atoms with Gasteiger partial charge in [0.2, 0.25) is 0 Å². The standard InChI is InChI=1S/C20H20O4.C14H25NO5.C13H25NO4.C13H14O3.C12H21NO4.2C8H17NO2.C6H8O4.C4H8O.C2H5ClO.3ClH/c21-18(23-14-16-8-3-1-4-9-16)20(12-7-13-20)19(22)24-15-17-10-5-2-6-11-17;1-13(2,3)20-12(17)15-8-6-14(7-9-15,10-18-4)11(16)19-5;1-12(2,3)18-11(16)14-7-5-13(9-15,6-8-14)10-17-4;14-10-13(7-4-8-13)12(15)16-9-11-5-2-1-3-6-11;1-12(2,3)17-11(15)13-7-5-9(6-8-13)10(14)16-4;2*1-11-7-8(6-10)2-4-9-5-3-8;7-4(8)6(5(9)10)2-1-3-6;1-2-4-5-3-1;1-4-2-3;;;/h1-6,8-11H,7,12-15H2;6-10H2,1-5H3;15H,5-10H2,1-4H3;1-3,5-6,10H,4,7-9H2;9H,5-8H2,1-4H3;2*9-10H,2-7H2,1H3;1-3H2,(H,7,8)(H,9,10);1-4H2;2H2,1H3;3*1H. The summed E-state index contributed by atoms with van der Waals surface area (Å²) in [5, 5.41) is 51.3. The van der Waals surface area contributed by atoms with Crippen LogP contribution in [-0.2, 0) is 124 Å². The van der Waals surface area contributed by atoms with Gasteiger partial charge in [-0.3, -0.25) is 33.6 Å². The Kier molecular flexibility index (Phi) is 63.8. The molecule has 0 spiro atoms. The molecule has 7 N–H and O–H groups in total. The molecule has 6 aliphatic heterocycles. The molecular weight excluding hydrogens is 1890 g/mol. The lowest BCUT2D eigenvalue weighted by atomic mass is 9.69. The number of methoxy groups -OCH3 is 7. The number of hydrogen-bond acceptors (Lipinski definition) is 30. The summed E-state index contributed by atoms with van der Waals surface area (Å²) < 4.78 is 71.1. The number of aliphatic hydroxyl groups is 3. The van der Waals surface area contributed by atoms with Crippen molar-refractivity contribution in [3.63, 3.8) is 0 Å². The van der Waals surface area contributed by atoms with Crippen LogP contribution in [0.15, 0.2) is 91.0 Å². The zero-order valence-electron chi connectivity index (χ0n) is 84.8. The predicted octanol–water partition coefficient (Wildman–Crippen LogP) is 14.2. The van der Waals surface area contributed by atoms with Gasteiger partial charge in [0.25, 0.3) is 0 Å². The maximum absolute atomic E-state index is 12.5. The van der Waals surface area contributed by atoms with E-state index in [-0.39, 0.29) is 148 Å². The van der Waals surface area contributed by atoms with Crippen molar-refractivity contribution in [1.29, 1.82) is 0 Å². The molecule has 0 radical (unpaired) electrons. The van der Waals surface area contributed by atoms with E-state index in [1.165, 1.54) is 27.1 Å². The van der Waals surface area contributed by atoms with Gasteiger partial charge in [-0.15, -0.1) is 37.2 Å². The molecule has 3 aromatic carbocycles. The quantitative estimate of drug-likeness (QED) is 0.0129. The molecule has 35 nitrogen and oxygen atoms in total. The number of aldehydes is 1. The molecule has 3 saturated carbocycles. The smallest absolute Gasteiger partial charge is 0.410 e. The average Bonchev–Trinajstić information content (AvgIpc) is 0.911. The lowest BCUT2D eigenvalue weighted by Crippen LogP contribution is -2.50. The molecule has 6 saturated heterocycles. The van der Waals surface area contributed by atoms with Gasteiger partial charge in [-0.25, -0.2) is 14.4 Å². The summed E-state index contributed by atoms with van der Waals surface area (Å²) in [6.45, 7) is 29.3. The minimum Gasteiger partial charge on any atom is -0.480 e. The number of piperidine rings is 5. The number of nitrogens with one attached hydrogen (secondary N) is 2. The summed E-state index contributed by atoms with van der Waals surface area (Å²) >= 11 is 4.96. The van der Waals surface area contributed by atoms with Crippen LogP contribution in [0.5, 0.6) is 0 Å². The van der Waals surface area contributed by atoms with Crippen molar-refractivity contribution in [3.8, 4) is 0 Å². The summed E-state index contributed by atoms with van der Waals surface area (Å²) in [5.41, 5.74) is -2.88. The summed E-state index contributed by atoms with van der Waals surface area (Å²) in [6.07, 6.45) is 15.6. The molecule has 0 atom stereocenters. The SMILES string of the molecule is C1CCOC1.COC(=O)C1CCN(C(=O)OC(C)(C)C)CC1.COCC1(C(=O)OC)CCN(C(=O)OC(C)(C)C)CC1.COCC1(CO)CCN(C(=O)OC(C)(C)C)CC1.COCC1(CO)CCNCC1.COCC1(CO)CCNCC1.COCCl.Cl.Cl.Cl.O=C(O)C1(C(=O)O)CCC1.O=C(OCc1ccccc1)C1(C(=O)OCc2ccccc2)CCC1.O=CC1(C(=O)OCc2ccccc2)CCC1. The van der Waals surface area contributed by atoms with Gasteiger partial charge in [-0.1, -0.05) is 109 Å². The van der Waals surface area contributed by atoms with E-state index < -0.39 is 62.3 Å². The molecule has 796 valence electrons. The molecule has 9 fully saturated rings. The van der Waals surface area contributed by atoms with E-state index in [0.717, 1.165) is 114 Å². The van der Waals surface area contributed by atoms with Crippen LogP contribution in [-0.4, -0.2) is 304 Å². The van der Waals surface area contributed by atoms with Crippen LogP contribution in [0.4, 0.5) is 14.4 Å². The molecule has 39 heteroatoms. The number of rotatable bonds is 26. The molecule has 3 aromatic rings. The highest BCUT2D eigenvalue weighted by atomic mass is 35.5. The predicted molar refractivity (Wildman–Crippen MR) is 530 cm³/mol. The number of ether oxygens (including phenoxy) is 14. The minimum atomic E-state index is -1.44. The molecule has 3 amide bonds. The zero-order chi connectivity index (χ0) is 102. The normalized spacial score (nSPS) is 18.3. The van der Waals surface area contributed by atoms with E-state index in [9.17, 15) is 57.8 Å². The number of alkyl halides is 1. The third-order valence-electron chi connectivity index (χ3n) is 24.7. The Morgan fingerprint density at radius 1 is 0.403 bits per heavy atom. The van der Waals surface area contributed by atoms with E-state index in [0.29, 0.717) is 130 Å². The Balaban J connectivity index is 0.00000156. The van der Waals surface area contributed by atoms with Gasteiger partial charge in [0, 0.05) is 104 Å². The van der Waals surface area contributed by atoms with E-state index in [2.05, 4.69) is 15.4 Å². The molecular formula is C100H163Cl4N5O30. The van der Waals surface area contributed by atoms with Crippen molar-refractivity contribution in [3.05, 3.63) is 108 Å². The van der Waals surface area contributed by atoms with E-state index >= 15 is 0 Å². The Hall–Kier alpha value is -7.85. The highest BCUT2D eigenvalue weighted by molar-refractivity contribution is 6.17. The number of aliphatic hydroxyl groups excluding tert-OH is 3. The fourth-order valence-corrected chi connectivity index (χ4v) is 15.6. The third kappa shape index (κ3) is 46.6. The van der Waals surface area contributed by atoms with Crippen LogP contribution >= 0.6 is 48.8 Å². The second kappa shape index (κ2) is 67.6. The van der Waals surface area contributed by atoms with Gasteiger partial charge in [0.15, 0.2) is 10.8 Å². The number of carboxylic acids is 2. The van der Waals surface area contributed by atoms with Crippen molar-refractivity contribution in [1.82, 2.24) is 25.3 Å². The van der Waals surface area contributed by atoms with Gasteiger partial charge in [-0.2, -0.15) is 0 Å². The van der Waals surface area contributed by atoms with Gasteiger partial charge in [0.05, 0.1) is 71.8 Å². The molecule has 139 heavy (non-hydrogen) atoms. The van der Waals surface area contributed by atoms with Crippen molar-refractivity contribution in [2.24, 2.45) is 43.8 Å². The number of aliphatic carboxylic acids is 2. The number of amides is 3. The van der Waals surface area contributed by atoms with Crippen molar-refractivity contribution >= 4 is 115 Å². The number of hydrogen-bond donors (Lipinski definition) is 7. The minimum absolute atomic E-state index is 0. The van der Waals surface area contributed by atoms with Crippen molar-refractivity contribution in [2.45, 2.75) is 234 Å². The number of carbonyl (C=O) groups excluding carboxylic acids is 9. The number of benzene rings is 3. The second-order valence-electron chi connectivity index (χ2n) is 38.7. The highest BCUT2D eigenvalue weighted by Crippen LogP contribution is 2.45. The summed E-state index contributed by atoms with van der Waals surface area (Å²) in [5.74, 6) is -4.28. The first kappa shape index (κ1) is 131. The molecule has 9 aliphatic rings. The average molecular weight is 2060 g/mol. The van der Waals surface area contributed by atoms with Gasteiger partial charge < -0.3 is 122 Å². The van der Waals surface area contributed by atoms with Gasteiger partial charge >= 0.3 is 60.1 Å². The molecule has 0 unspecified atom stereocenters. The summed E-state index contributed by atoms with van der Waals surface area (Å²) in [6, 6.07) is 28.6. The topological polar surface area (TPSA) is 452 Å². The van der Waals surface area contributed by atoms with Crippen LogP contribution < -0.4 is 10.6 Å². The first-order valence-electron chi connectivity index (χ1n) is 47.0. The number of carboxylic acid groups (broad SMARTS) is 2. The summed E-state index contributed by atoms with van der Waals surface area (Å²) in [7, 11) is 10.9. The fourth-order valence-electron chi connectivity index (χ4n) is 15.6. The largest absolute Gasteiger partial charge is 0.480 e. The van der Waals surface area contributed by atoms with Crippen LogP contribution in [0, 0.1) is 43.8 Å². The lowest BCUT2D eigenvalue weighted by molar-refractivity contribution is -0.181. The highest BCUT2D eigenvalue weighted by Gasteiger charge is 2.55. The maximum atomic E-state index is 12.5. The molecule has 0 aromatic heterocycles. The third-order valence-corrected chi connectivity index (χ3v) is 24.9. The number of esters is 5. The Bertz CT molecular complexity index is 3820. The lowest BCUT2D eigenvalue weighted by Gasteiger charge is -2.40. The van der Waals surface area contributed by atoms with Crippen LogP contribution in [0.1, 0.15) is 214 Å². The Morgan fingerprint density at radius 3 is 0.950 bits per heavy atom. The van der Waals surface area contributed by atoms with Gasteiger partial charge in [0.1, 0.15) is 54.4 Å². The fraction of sp³-hybridized carbons (Fsp3) is 0.710. The maximum Gasteiger partial charge on any atom is 0.410 e. The molecule has 3 aliphatic carbocycles. The zero-order valence-corrected chi connectivity index (χ0v) is 88.0. The van der Waals surface area contributed by atoms with Crippen LogP contribution in [0.25, 0.3) is 0 Å². The Morgan fingerprint density at radius 2 is 0.712 bits per heavy atom. The number of nitrogens with zero attached hydrogens (tertiary/aromatic N) is 3. The number of halogens is 4. The summed E-state index contributed by atoms with van der Waals surface area (Å²) in [4.78, 5) is 132. The van der Waals surface area contributed by atoms with Crippen molar-refractivity contribution in [2.75, 3.05) is 181 Å². The molecule has 6 heterocycles. The first-order valence-corrected chi connectivity index (χ1v) is 47.6. The number of likely N-dealkylation sites (tertiary alicyclic amines) is 3.